The maximum atomic E-state index is 13.3. The van der Waals surface area contributed by atoms with E-state index in [0.717, 1.165) is 33.5 Å². The van der Waals surface area contributed by atoms with Crippen molar-refractivity contribution in [2.75, 3.05) is 11.9 Å². The van der Waals surface area contributed by atoms with Crippen molar-refractivity contribution in [3.8, 4) is 5.75 Å². The first-order valence-electron chi connectivity index (χ1n) is 11.3. The van der Waals surface area contributed by atoms with Crippen LogP contribution in [-0.4, -0.2) is 35.3 Å². The van der Waals surface area contributed by atoms with Crippen LogP contribution in [0.2, 0.25) is 0 Å². The molecule has 7 nitrogen and oxygen atoms in total. The van der Waals surface area contributed by atoms with E-state index >= 15 is 0 Å². The molecule has 0 fully saturated rings. The highest BCUT2D eigenvalue weighted by Gasteiger charge is 2.29. The summed E-state index contributed by atoms with van der Waals surface area (Å²) in [5.74, 6) is 1.39. The molecule has 0 unspecified atom stereocenters. The lowest BCUT2D eigenvalue weighted by Crippen LogP contribution is -2.36. The summed E-state index contributed by atoms with van der Waals surface area (Å²) in [6.45, 7) is 4.56. The molecule has 0 radical (unpaired) electrons. The Morgan fingerprint density at radius 2 is 1.82 bits per heavy atom. The normalized spacial score (nSPS) is 14.2. The average Bonchev–Trinajstić information content (AvgIpc) is 2.84. The van der Waals surface area contributed by atoms with E-state index in [2.05, 4.69) is 15.3 Å². The molecule has 8 heteroatoms. The van der Waals surface area contributed by atoms with Gasteiger partial charge in [0.1, 0.15) is 11.6 Å². The monoisotopic (exact) mass is 474 g/mol. The number of fused-ring (bicyclic) bond motifs is 2. The molecule has 174 valence electrons. The predicted octanol–water partition coefficient (Wildman–Crippen LogP) is 4.91. The Morgan fingerprint density at radius 1 is 1.03 bits per heavy atom. The zero-order valence-electron chi connectivity index (χ0n) is 19.1. The smallest absolute Gasteiger partial charge is 0.243 e. The second-order valence-electron chi connectivity index (χ2n) is 8.57. The number of sulfonamides is 1. The molecule has 0 atom stereocenters. The molecular weight excluding hydrogens is 448 g/mol. The third-order valence-electron chi connectivity index (χ3n) is 5.80. The van der Waals surface area contributed by atoms with E-state index in [-0.39, 0.29) is 11.0 Å². The minimum absolute atomic E-state index is 0.0304. The maximum absolute atomic E-state index is 13.3. The number of anilines is 2. The lowest BCUT2D eigenvalue weighted by molar-refractivity contribution is 0.242. The number of ether oxygens (including phenoxy) is 1. The molecule has 0 saturated heterocycles. The van der Waals surface area contributed by atoms with E-state index < -0.39 is 10.0 Å². The first-order chi connectivity index (χ1) is 16.4. The number of rotatable bonds is 6. The second-order valence-corrected chi connectivity index (χ2v) is 10.5. The molecule has 0 aliphatic carbocycles. The van der Waals surface area contributed by atoms with Gasteiger partial charge in [0, 0.05) is 30.2 Å². The second kappa shape index (κ2) is 9.04. The third-order valence-corrected chi connectivity index (χ3v) is 7.66. The molecule has 0 saturated carbocycles. The third kappa shape index (κ3) is 4.47. The lowest BCUT2D eigenvalue weighted by Gasteiger charge is -2.29. The number of benzene rings is 2. The highest BCUT2D eigenvalue weighted by molar-refractivity contribution is 7.89. The van der Waals surface area contributed by atoms with Gasteiger partial charge in [-0.3, -0.25) is 4.98 Å². The summed E-state index contributed by atoms with van der Waals surface area (Å²) in [6.07, 6.45) is 4.10. The van der Waals surface area contributed by atoms with Crippen molar-refractivity contribution >= 4 is 32.4 Å². The summed E-state index contributed by atoms with van der Waals surface area (Å²) in [7, 11) is -3.62. The van der Waals surface area contributed by atoms with Crippen LogP contribution in [0.25, 0.3) is 10.9 Å². The largest absolute Gasteiger partial charge is 0.491 e. The number of nitrogens with one attached hydrogen (secondary N) is 1. The number of para-hydroxylation sites is 1. The summed E-state index contributed by atoms with van der Waals surface area (Å²) in [5.41, 5.74) is 3.75. The van der Waals surface area contributed by atoms with Gasteiger partial charge < -0.3 is 10.1 Å². The van der Waals surface area contributed by atoms with E-state index in [1.54, 1.807) is 36.7 Å². The van der Waals surface area contributed by atoms with Gasteiger partial charge in [0.15, 0.2) is 0 Å². The van der Waals surface area contributed by atoms with Gasteiger partial charge in [-0.25, -0.2) is 13.4 Å². The molecule has 2 aromatic heterocycles. The summed E-state index contributed by atoms with van der Waals surface area (Å²) in [4.78, 5) is 9.29. The molecule has 4 aromatic rings. The predicted molar refractivity (Wildman–Crippen MR) is 133 cm³/mol. The molecule has 0 amide bonds. The number of nitrogens with zero attached hydrogens (tertiary/aromatic N) is 3. The Kier molecular flexibility index (Phi) is 5.93. The molecular formula is C26H26N4O3S. The van der Waals surface area contributed by atoms with Gasteiger partial charge in [0.2, 0.25) is 10.0 Å². The van der Waals surface area contributed by atoms with Crippen molar-refractivity contribution in [2.24, 2.45) is 0 Å². The van der Waals surface area contributed by atoms with Gasteiger partial charge in [-0.15, -0.1) is 0 Å². The molecule has 0 spiro atoms. The Morgan fingerprint density at radius 3 is 2.62 bits per heavy atom. The van der Waals surface area contributed by atoms with Gasteiger partial charge in [-0.05, 0) is 68.3 Å². The first-order valence-corrected chi connectivity index (χ1v) is 12.7. The van der Waals surface area contributed by atoms with E-state index in [9.17, 15) is 8.42 Å². The van der Waals surface area contributed by atoms with Crippen molar-refractivity contribution in [3.63, 3.8) is 0 Å². The number of pyridine rings is 2. The SMILES string of the molecule is CC(C)Oc1ccc(S(=O)(=O)N2CCc3c(ccnc3Nc3cnc4ccccc4c3)C2)cc1. The number of hydrogen-bond donors (Lipinski definition) is 1. The molecule has 2 aromatic carbocycles. The van der Waals surface area contributed by atoms with E-state index in [0.29, 0.717) is 25.3 Å². The summed E-state index contributed by atoms with van der Waals surface area (Å²) < 4.78 is 33.7. The van der Waals surface area contributed by atoms with Gasteiger partial charge in [0.05, 0.1) is 28.4 Å². The van der Waals surface area contributed by atoms with Crippen LogP contribution in [-0.2, 0) is 23.0 Å². The van der Waals surface area contributed by atoms with Crippen LogP contribution < -0.4 is 10.1 Å². The van der Waals surface area contributed by atoms with Crippen molar-refractivity contribution in [1.82, 2.24) is 14.3 Å². The lowest BCUT2D eigenvalue weighted by atomic mass is 10.0. The van der Waals surface area contributed by atoms with Crippen LogP contribution in [0.1, 0.15) is 25.0 Å². The van der Waals surface area contributed by atoms with E-state index in [1.807, 2.05) is 50.2 Å². The molecule has 1 N–H and O–H groups in total. The van der Waals surface area contributed by atoms with E-state index in [1.165, 1.54) is 4.31 Å². The standard InChI is InChI=1S/C26H26N4O3S/c1-18(2)33-22-7-9-23(10-8-22)34(31,32)30-14-12-24-20(17-30)11-13-27-26(24)29-21-15-19-5-3-4-6-25(19)28-16-21/h3-11,13,15-16,18H,12,14,17H2,1-2H3,(H,27,29). The van der Waals surface area contributed by atoms with Gasteiger partial charge in [-0.1, -0.05) is 18.2 Å². The van der Waals surface area contributed by atoms with Crippen LogP contribution in [0, 0.1) is 0 Å². The fraction of sp³-hybridized carbons (Fsp3) is 0.231. The Balaban J connectivity index is 1.36. The summed E-state index contributed by atoms with van der Waals surface area (Å²) in [5, 5.41) is 4.42. The molecule has 34 heavy (non-hydrogen) atoms. The van der Waals surface area contributed by atoms with Crippen LogP contribution in [0.5, 0.6) is 5.75 Å². The number of aromatic nitrogens is 2. The summed E-state index contributed by atoms with van der Waals surface area (Å²) >= 11 is 0. The Labute approximate surface area is 199 Å². The summed E-state index contributed by atoms with van der Waals surface area (Å²) in [6, 6.07) is 18.5. The van der Waals surface area contributed by atoms with Gasteiger partial charge in [0.25, 0.3) is 0 Å². The van der Waals surface area contributed by atoms with Crippen molar-refractivity contribution in [2.45, 2.75) is 37.8 Å². The molecule has 0 bridgehead atoms. The van der Waals surface area contributed by atoms with Crippen LogP contribution in [0.4, 0.5) is 11.5 Å². The first kappa shape index (κ1) is 22.3. The maximum Gasteiger partial charge on any atom is 0.243 e. The van der Waals surface area contributed by atoms with Crippen LogP contribution in [0.3, 0.4) is 0 Å². The zero-order valence-corrected chi connectivity index (χ0v) is 19.9. The number of hydrogen-bond acceptors (Lipinski definition) is 6. The van der Waals surface area contributed by atoms with Crippen molar-refractivity contribution in [1.29, 1.82) is 0 Å². The zero-order chi connectivity index (χ0) is 23.7. The minimum atomic E-state index is -3.62. The molecule has 1 aliphatic heterocycles. The minimum Gasteiger partial charge on any atom is -0.491 e. The molecule has 5 rings (SSSR count). The van der Waals surface area contributed by atoms with Crippen LogP contribution in [0.15, 0.2) is 78.0 Å². The topological polar surface area (TPSA) is 84.4 Å². The quantitative estimate of drug-likeness (QED) is 0.428. The van der Waals surface area contributed by atoms with Gasteiger partial charge in [-0.2, -0.15) is 4.31 Å². The van der Waals surface area contributed by atoms with Gasteiger partial charge >= 0.3 is 0 Å². The highest BCUT2D eigenvalue weighted by Crippen LogP contribution is 2.30. The molecule has 1 aliphatic rings. The Bertz CT molecular complexity index is 1440. The van der Waals surface area contributed by atoms with E-state index in [4.69, 9.17) is 4.74 Å². The van der Waals surface area contributed by atoms with Crippen molar-refractivity contribution < 1.29 is 13.2 Å². The average molecular weight is 475 g/mol. The Hall–Kier alpha value is -3.49. The molecule has 3 heterocycles. The van der Waals surface area contributed by atoms with Crippen LogP contribution >= 0.6 is 0 Å². The van der Waals surface area contributed by atoms with Crippen molar-refractivity contribution in [3.05, 3.63) is 84.2 Å². The fourth-order valence-corrected chi connectivity index (χ4v) is 5.58. The highest BCUT2D eigenvalue weighted by atomic mass is 32.2. The fourth-order valence-electron chi connectivity index (χ4n) is 4.17.